The van der Waals surface area contributed by atoms with E-state index in [2.05, 4.69) is 75.9 Å². The average Bonchev–Trinajstić information content (AvgIpc) is 2.75. The Morgan fingerprint density at radius 3 is 2.59 bits per heavy atom. The summed E-state index contributed by atoms with van der Waals surface area (Å²) < 4.78 is 4.80. The second kappa shape index (κ2) is 7.71. The highest BCUT2D eigenvalue weighted by Crippen LogP contribution is 2.53. The minimum atomic E-state index is 0.116. The van der Waals surface area contributed by atoms with Gasteiger partial charge >= 0.3 is 0 Å². The molecule has 0 bridgehead atoms. The van der Waals surface area contributed by atoms with Crippen LogP contribution in [0.1, 0.15) is 51.2 Å². The monoisotopic (exact) mass is 384 g/mol. The molecular formula is C28H32O. The molecule has 0 radical (unpaired) electrons. The van der Waals surface area contributed by atoms with Gasteiger partial charge in [-0.05, 0) is 59.1 Å². The lowest BCUT2D eigenvalue weighted by atomic mass is 9.61. The molecule has 150 valence electrons. The number of benzene rings is 1. The Hall–Kier alpha value is -2.54. The Balaban J connectivity index is 0.000000294. The SMILES string of the molecule is C1=CCOC=C1.C=CC1(C)CCC2C(=CC=C3C2=CC(C)(C)c2ccccc23)C1. The Labute approximate surface area is 175 Å². The van der Waals surface area contributed by atoms with Crippen LogP contribution in [-0.2, 0) is 10.2 Å². The van der Waals surface area contributed by atoms with E-state index in [1.807, 2.05) is 18.2 Å². The van der Waals surface area contributed by atoms with E-state index in [9.17, 15) is 0 Å². The molecule has 0 aromatic heterocycles. The standard InChI is InChI=1S/C23H26.C5H6O/c1-5-23(4)13-12-17-16(14-23)10-11-18-19-8-6-7-9-21(19)22(2,3)15-20(17)18;1-2-4-6-5-3-1/h5-11,15,17H,1,12-14H2,2-4H3;1-4H,5H2. The summed E-state index contributed by atoms with van der Waals surface area (Å²) in [6.07, 6.45) is 20.6. The van der Waals surface area contributed by atoms with E-state index in [-0.39, 0.29) is 10.8 Å². The van der Waals surface area contributed by atoms with E-state index in [4.69, 9.17) is 4.74 Å². The van der Waals surface area contributed by atoms with E-state index in [1.165, 1.54) is 29.5 Å². The van der Waals surface area contributed by atoms with Crippen LogP contribution in [0.3, 0.4) is 0 Å². The van der Waals surface area contributed by atoms with Crippen molar-refractivity contribution in [2.24, 2.45) is 11.3 Å². The molecule has 0 spiro atoms. The predicted molar refractivity (Wildman–Crippen MR) is 123 cm³/mol. The largest absolute Gasteiger partial charge is 0.497 e. The van der Waals surface area contributed by atoms with Crippen LogP contribution in [0.15, 0.2) is 90.8 Å². The van der Waals surface area contributed by atoms with E-state index >= 15 is 0 Å². The minimum Gasteiger partial charge on any atom is -0.497 e. The Morgan fingerprint density at radius 2 is 1.93 bits per heavy atom. The van der Waals surface area contributed by atoms with Crippen LogP contribution in [0.25, 0.3) is 5.57 Å². The molecule has 1 heterocycles. The molecule has 0 N–H and O–H groups in total. The van der Waals surface area contributed by atoms with Crippen LogP contribution in [0.2, 0.25) is 0 Å². The fraction of sp³-hybridized carbons (Fsp3) is 0.357. The van der Waals surface area contributed by atoms with Gasteiger partial charge < -0.3 is 4.74 Å². The van der Waals surface area contributed by atoms with Gasteiger partial charge in [0.2, 0.25) is 0 Å². The summed E-state index contributed by atoms with van der Waals surface area (Å²) in [5, 5.41) is 0. The van der Waals surface area contributed by atoms with Crippen molar-refractivity contribution in [1.82, 2.24) is 0 Å². The van der Waals surface area contributed by atoms with E-state index in [0.717, 1.165) is 13.0 Å². The zero-order valence-corrected chi connectivity index (χ0v) is 17.9. The molecule has 1 aliphatic heterocycles. The second-order valence-corrected chi connectivity index (χ2v) is 9.41. The van der Waals surface area contributed by atoms with Gasteiger partial charge in [0.1, 0.15) is 6.61 Å². The quantitative estimate of drug-likeness (QED) is 0.461. The first-order chi connectivity index (χ1) is 13.9. The van der Waals surface area contributed by atoms with Crippen molar-refractivity contribution >= 4 is 5.57 Å². The van der Waals surface area contributed by atoms with E-state index < -0.39 is 0 Å². The maximum Gasteiger partial charge on any atom is 0.106 e. The summed E-state index contributed by atoms with van der Waals surface area (Å²) >= 11 is 0. The molecule has 29 heavy (non-hydrogen) atoms. The van der Waals surface area contributed by atoms with Gasteiger partial charge in [0.15, 0.2) is 0 Å². The molecule has 0 saturated heterocycles. The fourth-order valence-corrected chi connectivity index (χ4v) is 5.03. The van der Waals surface area contributed by atoms with Gasteiger partial charge in [0.05, 0.1) is 6.26 Å². The summed E-state index contributed by atoms with van der Waals surface area (Å²) in [5.74, 6) is 0.607. The maximum absolute atomic E-state index is 4.80. The molecule has 1 saturated carbocycles. The van der Waals surface area contributed by atoms with Crippen molar-refractivity contribution in [3.63, 3.8) is 0 Å². The molecule has 2 unspecified atom stereocenters. The topological polar surface area (TPSA) is 9.23 Å². The van der Waals surface area contributed by atoms with Crippen LogP contribution < -0.4 is 0 Å². The first-order valence-corrected chi connectivity index (χ1v) is 10.7. The number of ether oxygens (including phenoxy) is 1. The van der Waals surface area contributed by atoms with Crippen molar-refractivity contribution in [3.05, 3.63) is 102 Å². The van der Waals surface area contributed by atoms with Crippen LogP contribution in [0.4, 0.5) is 0 Å². The molecule has 3 aliphatic carbocycles. The number of allylic oxidation sites excluding steroid dienone is 9. The summed E-state index contributed by atoms with van der Waals surface area (Å²) in [7, 11) is 0. The van der Waals surface area contributed by atoms with Gasteiger partial charge in [0, 0.05) is 11.3 Å². The van der Waals surface area contributed by atoms with Crippen LogP contribution in [0, 0.1) is 11.3 Å². The lowest BCUT2D eigenvalue weighted by molar-refractivity contribution is 0.286. The zero-order chi connectivity index (χ0) is 20.5. The van der Waals surface area contributed by atoms with Crippen molar-refractivity contribution in [2.75, 3.05) is 6.61 Å². The normalized spacial score (nSPS) is 28.1. The van der Waals surface area contributed by atoms with Gasteiger partial charge in [-0.15, -0.1) is 6.58 Å². The maximum atomic E-state index is 4.80. The molecule has 1 aromatic rings. The third-order valence-electron chi connectivity index (χ3n) is 6.75. The van der Waals surface area contributed by atoms with Crippen LogP contribution in [-0.4, -0.2) is 6.61 Å². The van der Waals surface area contributed by atoms with E-state index in [1.54, 1.807) is 17.4 Å². The highest BCUT2D eigenvalue weighted by Gasteiger charge is 2.39. The number of hydrogen-bond acceptors (Lipinski definition) is 1. The van der Waals surface area contributed by atoms with Gasteiger partial charge in [-0.3, -0.25) is 0 Å². The highest BCUT2D eigenvalue weighted by atomic mass is 16.5. The summed E-state index contributed by atoms with van der Waals surface area (Å²) in [6, 6.07) is 8.93. The third kappa shape index (κ3) is 3.83. The molecule has 1 heteroatoms. The number of rotatable bonds is 1. The lowest BCUT2D eigenvalue weighted by Gasteiger charge is -2.43. The molecular weight excluding hydrogens is 352 g/mol. The summed E-state index contributed by atoms with van der Waals surface area (Å²) in [6.45, 7) is 11.9. The van der Waals surface area contributed by atoms with Crippen LogP contribution >= 0.6 is 0 Å². The molecule has 5 rings (SSSR count). The third-order valence-corrected chi connectivity index (χ3v) is 6.75. The van der Waals surface area contributed by atoms with Crippen molar-refractivity contribution < 1.29 is 4.74 Å². The molecule has 1 fully saturated rings. The molecule has 2 atom stereocenters. The Bertz CT molecular complexity index is 938. The lowest BCUT2D eigenvalue weighted by Crippen LogP contribution is -2.30. The van der Waals surface area contributed by atoms with E-state index in [0.29, 0.717) is 5.92 Å². The Kier molecular flexibility index (Phi) is 5.25. The molecule has 4 aliphatic rings. The molecule has 0 amide bonds. The summed E-state index contributed by atoms with van der Waals surface area (Å²) in [4.78, 5) is 0. The zero-order valence-electron chi connectivity index (χ0n) is 17.9. The summed E-state index contributed by atoms with van der Waals surface area (Å²) in [5.41, 5.74) is 7.90. The number of fused-ring (bicyclic) bond motifs is 5. The fourth-order valence-electron chi connectivity index (χ4n) is 5.03. The van der Waals surface area contributed by atoms with Crippen molar-refractivity contribution in [3.8, 4) is 0 Å². The first kappa shape index (κ1) is 19.8. The molecule has 1 aromatic carbocycles. The highest BCUT2D eigenvalue weighted by molar-refractivity contribution is 5.87. The Morgan fingerprint density at radius 1 is 1.10 bits per heavy atom. The van der Waals surface area contributed by atoms with Crippen molar-refractivity contribution in [2.45, 2.75) is 45.4 Å². The van der Waals surface area contributed by atoms with Gasteiger partial charge in [-0.25, -0.2) is 0 Å². The van der Waals surface area contributed by atoms with Crippen LogP contribution in [0.5, 0.6) is 0 Å². The average molecular weight is 385 g/mol. The van der Waals surface area contributed by atoms with Crippen molar-refractivity contribution in [1.29, 1.82) is 0 Å². The predicted octanol–water partition coefficient (Wildman–Crippen LogP) is 7.31. The minimum absolute atomic E-state index is 0.116. The number of hydrogen-bond donors (Lipinski definition) is 0. The van der Waals surface area contributed by atoms with Gasteiger partial charge in [-0.2, -0.15) is 0 Å². The second-order valence-electron chi connectivity index (χ2n) is 9.41. The van der Waals surface area contributed by atoms with Gasteiger partial charge in [-0.1, -0.05) is 81.0 Å². The first-order valence-electron chi connectivity index (χ1n) is 10.7. The molecule has 1 nitrogen and oxygen atoms in total. The smallest absolute Gasteiger partial charge is 0.106 e. The van der Waals surface area contributed by atoms with Gasteiger partial charge in [0.25, 0.3) is 0 Å².